The molecule has 0 fully saturated rings. The Bertz CT molecular complexity index is 770. The molecule has 2 aromatic rings. The number of thiophene rings is 1. The summed E-state index contributed by atoms with van der Waals surface area (Å²) in [5.74, 6) is 0.736. The van der Waals surface area contributed by atoms with E-state index in [9.17, 15) is 9.59 Å². The van der Waals surface area contributed by atoms with Crippen LogP contribution in [0.25, 0.3) is 0 Å². The second kappa shape index (κ2) is 8.92. The molecular formula is C18H21NO4S2. The highest BCUT2D eigenvalue weighted by Gasteiger charge is 2.25. The minimum absolute atomic E-state index is 0.259. The molecular weight excluding hydrogens is 358 g/mol. The van der Waals surface area contributed by atoms with Crippen LogP contribution in [0.4, 0.5) is 5.69 Å². The normalized spacial score (nSPS) is 10.4. The molecule has 1 aromatic heterocycles. The molecule has 0 bridgehead atoms. The number of carbonyl (C=O) groups excluding carboxylic acids is 2. The fourth-order valence-corrected chi connectivity index (χ4v) is 4.73. The second-order valence-electron chi connectivity index (χ2n) is 5.03. The molecule has 0 spiro atoms. The first-order valence-electron chi connectivity index (χ1n) is 7.91. The monoisotopic (exact) mass is 379 g/mol. The summed E-state index contributed by atoms with van der Waals surface area (Å²) in [6.07, 6.45) is 0. The number of para-hydroxylation sites is 2. The third-order valence-corrected chi connectivity index (χ3v) is 5.86. The second-order valence-corrected chi connectivity index (χ2v) is 7.58. The Kier molecular flexibility index (Phi) is 6.90. The summed E-state index contributed by atoms with van der Waals surface area (Å²) in [5.41, 5.74) is 1.75. The number of esters is 1. The van der Waals surface area contributed by atoms with Gasteiger partial charge in [0.05, 0.1) is 29.2 Å². The zero-order valence-electron chi connectivity index (χ0n) is 14.7. The Morgan fingerprint density at radius 1 is 1.24 bits per heavy atom. The van der Waals surface area contributed by atoms with Gasteiger partial charge in [0.15, 0.2) is 0 Å². The predicted molar refractivity (Wildman–Crippen MR) is 102 cm³/mol. The lowest BCUT2D eigenvalue weighted by Crippen LogP contribution is -2.14. The lowest BCUT2D eigenvalue weighted by Gasteiger charge is -2.10. The van der Waals surface area contributed by atoms with Crippen LogP contribution in [0.5, 0.6) is 5.75 Å². The Hall–Kier alpha value is -1.99. The van der Waals surface area contributed by atoms with Crippen molar-refractivity contribution in [2.75, 3.05) is 24.8 Å². The molecule has 0 aliphatic rings. The van der Waals surface area contributed by atoms with Gasteiger partial charge in [-0.2, -0.15) is 0 Å². The van der Waals surface area contributed by atoms with Crippen LogP contribution in [0.2, 0.25) is 0 Å². The molecule has 1 aromatic carbocycles. The molecule has 1 heterocycles. The number of hydrogen-bond donors (Lipinski definition) is 1. The van der Waals surface area contributed by atoms with Crippen molar-refractivity contribution in [1.82, 2.24) is 0 Å². The highest BCUT2D eigenvalue weighted by molar-refractivity contribution is 8.01. The van der Waals surface area contributed by atoms with Crippen molar-refractivity contribution in [2.45, 2.75) is 25.0 Å². The van der Waals surface area contributed by atoms with E-state index in [0.717, 1.165) is 9.96 Å². The topological polar surface area (TPSA) is 64.6 Å². The number of amides is 1. The lowest BCUT2D eigenvalue weighted by molar-refractivity contribution is 0.0531. The third-order valence-electron chi connectivity index (χ3n) is 3.43. The van der Waals surface area contributed by atoms with E-state index in [-0.39, 0.29) is 11.9 Å². The zero-order chi connectivity index (χ0) is 18.4. The molecule has 0 atom stereocenters. The maximum atomic E-state index is 12.9. The molecule has 0 radical (unpaired) electrons. The van der Waals surface area contributed by atoms with Gasteiger partial charge >= 0.3 is 5.97 Å². The smallest absolute Gasteiger partial charge is 0.348 e. The summed E-state index contributed by atoms with van der Waals surface area (Å²) in [6, 6.07) is 7.21. The standard InChI is InChI=1S/C18H21NO4S2/c1-5-23-17(21)15-11(3)14(18(25-15)24-6-2)16(20)19-12-9-7-8-10-13(12)22-4/h7-10H,5-6H2,1-4H3,(H,19,20). The predicted octanol–water partition coefficient (Wildman–Crippen LogP) is 4.61. The highest BCUT2D eigenvalue weighted by Crippen LogP contribution is 2.37. The minimum Gasteiger partial charge on any atom is -0.495 e. The molecule has 0 unspecified atom stereocenters. The van der Waals surface area contributed by atoms with Gasteiger partial charge < -0.3 is 14.8 Å². The molecule has 7 heteroatoms. The fourth-order valence-electron chi connectivity index (χ4n) is 2.31. The van der Waals surface area contributed by atoms with Gasteiger partial charge in [-0.25, -0.2) is 4.79 Å². The average Bonchev–Trinajstić information content (AvgIpc) is 2.92. The highest BCUT2D eigenvalue weighted by atomic mass is 32.2. The Balaban J connectivity index is 2.39. The van der Waals surface area contributed by atoms with Gasteiger partial charge in [0.25, 0.3) is 5.91 Å². The molecule has 1 amide bonds. The molecule has 134 valence electrons. The van der Waals surface area contributed by atoms with Crippen LogP contribution in [0.15, 0.2) is 28.5 Å². The van der Waals surface area contributed by atoms with Gasteiger partial charge in [0, 0.05) is 0 Å². The van der Waals surface area contributed by atoms with Crippen molar-refractivity contribution in [1.29, 1.82) is 0 Å². The summed E-state index contributed by atoms with van der Waals surface area (Å²) in [5, 5.41) is 2.88. The van der Waals surface area contributed by atoms with E-state index in [0.29, 0.717) is 34.0 Å². The number of anilines is 1. The van der Waals surface area contributed by atoms with E-state index < -0.39 is 0 Å². The maximum Gasteiger partial charge on any atom is 0.348 e. The molecule has 25 heavy (non-hydrogen) atoms. The number of nitrogens with one attached hydrogen (secondary N) is 1. The molecule has 2 rings (SSSR count). The first-order chi connectivity index (χ1) is 12.0. The molecule has 5 nitrogen and oxygen atoms in total. The maximum absolute atomic E-state index is 12.9. The average molecular weight is 380 g/mol. The van der Waals surface area contributed by atoms with Crippen LogP contribution in [-0.2, 0) is 4.74 Å². The van der Waals surface area contributed by atoms with Gasteiger partial charge in [-0.1, -0.05) is 19.1 Å². The number of ether oxygens (including phenoxy) is 2. The van der Waals surface area contributed by atoms with E-state index in [4.69, 9.17) is 9.47 Å². The molecule has 0 saturated heterocycles. The Labute approximate surface area is 155 Å². The Morgan fingerprint density at radius 3 is 2.60 bits per heavy atom. The van der Waals surface area contributed by atoms with Crippen molar-refractivity contribution in [3.8, 4) is 5.75 Å². The first kappa shape index (κ1) is 19.3. The zero-order valence-corrected chi connectivity index (χ0v) is 16.3. The van der Waals surface area contributed by atoms with E-state index in [1.807, 2.05) is 19.1 Å². The van der Waals surface area contributed by atoms with Crippen LogP contribution < -0.4 is 10.1 Å². The van der Waals surface area contributed by atoms with Gasteiger partial charge in [-0.15, -0.1) is 23.1 Å². The first-order valence-corrected chi connectivity index (χ1v) is 9.71. The molecule has 1 N–H and O–H groups in total. The van der Waals surface area contributed by atoms with Gasteiger partial charge in [-0.05, 0) is 37.3 Å². The van der Waals surface area contributed by atoms with Crippen LogP contribution in [-0.4, -0.2) is 31.3 Å². The van der Waals surface area contributed by atoms with Gasteiger partial charge in [-0.3, -0.25) is 4.79 Å². The van der Waals surface area contributed by atoms with E-state index in [1.54, 1.807) is 33.1 Å². The minimum atomic E-state index is -0.390. The van der Waals surface area contributed by atoms with E-state index >= 15 is 0 Å². The van der Waals surface area contributed by atoms with Crippen molar-refractivity contribution < 1.29 is 19.1 Å². The number of methoxy groups -OCH3 is 1. The lowest BCUT2D eigenvalue weighted by atomic mass is 10.1. The van der Waals surface area contributed by atoms with Crippen molar-refractivity contribution in [3.05, 3.63) is 40.3 Å². The summed E-state index contributed by atoms with van der Waals surface area (Å²) in [7, 11) is 1.55. The fraction of sp³-hybridized carbons (Fsp3) is 0.333. The van der Waals surface area contributed by atoms with E-state index in [1.165, 1.54) is 23.1 Å². The third kappa shape index (κ3) is 4.35. The number of hydrogen-bond acceptors (Lipinski definition) is 6. The summed E-state index contributed by atoms with van der Waals surface area (Å²) in [6.45, 7) is 5.85. The number of carbonyl (C=O) groups is 2. The summed E-state index contributed by atoms with van der Waals surface area (Å²) in [4.78, 5) is 25.5. The van der Waals surface area contributed by atoms with Crippen molar-refractivity contribution in [3.63, 3.8) is 0 Å². The number of thioether (sulfide) groups is 1. The molecule has 0 aliphatic carbocycles. The van der Waals surface area contributed by atoms with Crippen LogP contribution in [0.3, 0.4) is 0 Å². The summed E-state index contributed by atoms with van der Waals surface area (Å²) < 4.78 is 11.2. The number of rotatable bonds is 7. The van der Waals surface area contributed by atoms with E-state index in [2.05, 4.69) is 5.32 Å². The van der Waals surface area contributed by atoms with Crippen LogP contribution >= 0.6 is 23.1 Å². The summed E-state index contributed by atoms with van der Waals surface area (Å²) >= 11 is 2.84. The Morgan fingerprint density at radius 2 is 1.96 bits per heavy atom. The van der Waals surface area contributed by atoms with Crippen LogP contribution in [0, 0.1) is 6.92 Å². The van der Waals surface area contributed by atoms with Crippen molar-refractivity contribution in [2.24, 2.45) is 0 Å². The molecule has 0 saturated carbocycles. The SMILES string of the molecule is CCOC(=O)c1sc(SCC)c(C(=O)Nc2ccccc2OC)c1C. The van der Waals surface area contributed by atoms with Crippen molar-refractivity contribution >= 4 is 40.7 Å². The number of benzene rings is 1. The van der Waals surface area contributed by atoms with Crippen LogP contribution in [0.1, 0.15) is 39.4 Å². The quantitative estimate of drug-likeness (QED) is 0.562. The molecule has 0 aliphatic heterocycles. The van der Waals surface area contributed by atoms with Gasteiger partial charge in [0.2, 0.25) is 0 Å². The van der Waals surface area contributed by atoms with Gasteiger partial charge in [0.1, 0.15) is 10.6 Å². The largest absolute Gasteiger partial charge is 0.495 e.